The summed E-state index contributed by atoms with van der Waals surface area (Å²) >= 11 is 0. The lowest BCUT2D eigenvalue weighted by molar-refractivity contribution is -0.131. The lowest BCUT2D eigenvalue weighted by Gasteiger charge is -2.36. The Labute approximate surface area is 143 Å². The molecule has 1 aliphatic rings. The van der Waals surface area contributed by atoms with Crippen LogP contribution in [-0.2, 0) is 11.2 Å². The molecule has 0 spiro atoms. The van der Waals surface area contributed by atoms with Crippen LogP contribution in [0, 0.1) is 0 Å². The van der Waals surface area contributed by atoms with Gasteiger partial charge in [-0.3, -0.25) is 9.59 Å². The Kier molecular flexibility index (Phi) is 5.81. The van der Waals surface area contributed by atoms with Crippen LogP contribution < -0.4 is 9.47 Å². The molecule has 4 heteroatoms. The summed E-state index contributed by atoms with van der Waals surface area (Å²) in [5, 5.41) is 0. The first-order chi connectivity index (χ1) is 11.4. The van der Waals surface area contributed by atoms with Crippen molar-refractivity contribution in [1.29, 1.82) is 0 Å². The molecule has 130 valence electrons. The first kappa shape index (κ1) is 18.2. The van der Waals surface area contributed by atoms with Gasteiger partial charge in [-0.2, -0.15) is 0 Å². The molecule has 2 rings (SSSR count). The molecule has 0 N–H and O–H groups in total. The van der Waals surface area contributed by atoms with E-state index in [-0.39, 0.29) is 11.8 Å². The summed E-state index contributed by atoms with van der Waals surface area (Å²) in [6.07, 6.45) is 7.66. The molecule has 1 aliphatic heterocycles. The van der Waals surface area contributed by atoms with Crippen molar-refractivity contribution in [2.75, 3.05) is 0 Å². The van der Waals surface area contributed by atoms with Crippen LogP contribution in [-0.4, -0.2) is 17.4 Å². The van der Waals surface area contributed by atoms with E-state index in [1.165, 1.54) is 6.92 Å². The number of benzene rings is 1. The molecule has 0 saturated heterocycles. The minimum Gasteiger partial charge on any atom is -0.486 e. The minimum absolute atomic E-state index is 0.0888. The van der Waals surface area contributed by atoms with Crippen molar-refractivity contribution in [3.63, 3.8) is 0 Å². The van der Waals surface area contributed by atoms with E-state index in [1.807, 2.05) is 26.8 Å². The van der Waals surface area contributed by atoms with Crippen molar-refractivity contribution in [2.45, 2.75) is 65.4 Å². The lowest BCUT2D eigenvalue weighted by atomic mass is 9.86. The van der Waals surface area contributed by atoms with E-state index in [2.05, 4.69) is 6.08 Å². The number of allylic oxidation sites excluding steroid dienone is 2. The maximum Gasteiger partial charge on any atom is 0.308 e. The zero-order valence-corrected chi connectivity index (χ0v) is 15.0. The Bertz CT molecular complexity index is 660. The van der Waals surface area contributed by atoms with Crippen molar-refractivity contribution in [2.24, 2.45) is 0 Å². The molecular weight excluding hydrogens is 304 g/mol. The number of carbonyl (C=O) groups is 2. The average Bonchev–Trinajstić information content (AvgIpc) is 2.49. The highest BCUT2D eigenvalue weighted by Gasteiger charge is 2.37. The normalized spacial score (nSPS) is 19.9. The number of rotatable bonds is 6. The quantitative estimate of drug-likeness (QED) is 0.433. The van der Waals surface area contributed by atoms with E-state index in [4.69, 9.17) is 9.47 Å². The SMILES string of the molecule is CC=CCCC1(C)CC(=O)c2ccc(OC(C)=O)c(CCC)c2O1. The minimum atomic E-state index is -0.527. The number of hydrogen-bond donors (Lipinski definition) is 0. The summed E-state index contributed by atoms with van der Waals surface area (Å²) in [7, 11) is 0. The van der Waals surface area contributed by atoms with E-state index in [0.29, 0.717) is 29.9 Å². The number of fused-ring (bicyclic) bond motifs is 1. The standard InChI is InChI=1S/C20H26O4/c1-5-7-8-12-20(4)13-17(22)15-10-11-18(23-14(3)21)16(9-6-2)19(15)24-20/h5,7,10-11H,6,8-9,12-13H2,1-4H3. The van der Waals surface area contributed by atoms with Crippen LogP contribution in [0.25, 0.3) is 0 Å². The Morgan fingerprint density at radius 2 is 2.17 bits per heavy atom. The highest BCUT2D eigenvalue weighted by atomic mass is 16.5. The van der Waals surface area contributed by atoms with Gasteiger partial charge in [0, 0.05) is 12.5 Å². The molecule has 1 unspecified atom stereocenters. The number of Topliss-reactive ketones (excluding diaryl/α,β-unsaturated/α-hetero) is 1. The van der Waals surface area contributed by atoms with Crippen LogP contribution in [0.3, 0.4) is 0 Å². The predicted octanol–water partition coefficient (Wildman–Crippen LogP) is 4.64. The number of ketones is 1. The second kappa shape index (κ2) is 7.65. The summed E-state index contributed by atoms with van der Waals surface area (Å²) in [5.74, 6) is 0.805. The third kappa shape index (κ3) is 4.05. The monoisotopic (exact) mass is 330 g/mol. The molecule has 0 saturated carbocycles. The molecule has 0 amide bonds. The lowest BCUT2D eigenvalue weighted by Crippen LogP contribution is -2.39. The number of esters is 1. The van der Waals surface area contributed by atoms with Crippen LogP contribution >= 0.6 is 0 Å². The second-order valence-corrected chi connectivity index (χ2v) is 6.52. The average molecular weight is 330 g/mol. The molecule has 1 aromatic carbocycles. The number of ether oxygens (including phenoxy) is 2. The fraction of sp³-hybridized carbons (Fsp3) is 0.500. The van der Waals surface area contributed by atoms with Gasteiger partial charge in [0.25, 0.3) is 0 Å². The third-order valence-corrected chi connectivity index (χ3v) is 4.23. The van der Waals surface area contributed by atoms with Crippen LogP contribution in [0.15, 0.2) is 24.3 Å². The smallest absolute Gasteiger partial charge is 0.308 e. The first-order valence-corrected chi connectivity index (χ1v) is 8.58. The zero-order chi connectivity index (χ0) is 17.7. The van der Waals surface area contributed by atoms with Gasteiger partial charge in [-0.25, -0.2) is 0 Å². The van der Waals surface area contributed by atoms with Crippen molar-refractivity contribution in [3.05, 3.63) is 35.4 Å². The molecule has 1 aromatic rings. The Morgan fingerprint density at radius 1 is 1.42 bits per heavy atom. The van der Waals surface area contributed by atoms with E-state index in [1.54, 1.807) is 12.1 Å². The number of hydrogen-bond acceptors (Lipinski definition) is 4. The summed E-state index contributed by atoms with van der Waals surface area (Å²) < 4.78 is 11.6. The van der Waals surface area contributed by atoms with Crippen LogP contribution in [0.4, 0.5) is 0 Å². The molecule has 1 heterocycles. The molecule has 0 fully saturated rings. The molecule has 4 nitrogen and oxygen atoms in total. The zero-order valence-electron chi connectivity index (χ0n) is 15.0. The fourth-order valence-electron chi connectivity index (χ4n) is 3.10. The molecule has 0 aromatic heterocycles. The van der Waals surface area contributed by atoms with Gasteiger partial charge in [-0.1, -0.05) is 25.5 Å². The van der Waals surface area contributed by atoms with Gasteiger partial charge in [-0.05, 0) is 45.2 Å². The van der Waals surface area contributed by atoms with Crippen LogP contribution in [0.1, 0.15) is 69.3 Å². The van der Waals surface area contributed by atoms with E-state index in [9.17, 15) is 9.59 Å². The van der Waals surface area contributed by atoms with Gasteiger partial charge in [0.1, 0.15) is 17.1 Å². The number of carbonyl (C=O) groups excluding carboxylic acids is 2. The summed E-state index contributed by atoms with van der Waals surface area (Å²) in [5.41, 5.74) is 0.884. The third-order valence-electron chi connectivity index (χ3n) is 4.23. The predicted molar refractivity (Wildman–Crippen MR) is 93.8 cm³/mol. The van der Waals surface area contributed by atoms with Crippen LogP contribution in [0.5, 0.6) is 11.5 Å². The second-order valence-electron chi connectivity index (χ2n) is 6.52. The summed E-state index contributed by atoms with van der Waals surface area (Å²) in [6, 6.07) is 3.41. The van der Waals surface area contributed by atoms with E-state index >= 15 is 0 Å². The van der Waals surface area contributed by atoms with E-state index in [0.717, 1.165) is 24.8 Å². The Balaban J connectivity index is 2.43. The van der Waals surface area contributed by atoms with Gasteiger partial charge in [0.2, 0.25) is 0 Å². The maximum atomic E-state index is 12.6. The molecule has 0 radical (unpaired) electrons. The first-order valence-electron chi connectivity index (χ1n) is 8.58. The van der Waals surface area contributed by atoms with Gasteiger partial charge in [0.05, 0.1) is 12.0 Å². The molecule has 0 aliphatic carbocycles. The molecular formula is C20H26O4. The highest BCUT2D eigenvalue weighted by Crippen LogP contribution is 2.42. The van der Waals surface area contributed by atoms with Crippen molar-refractivity contribution < 1.29 is 19.1 Å². The van der Waals surface area contributed by atoms with E-state index < -0.39 is 5.60 Å². The van der Waals surface area contributed by atoms with Gasteiger partial charge >= 0.3 is 5.97 Å². The van der Waals surface area contributed by atoms with Gasteiger partial charge in [0.15, 0.2) is 5.78 Å². The summed E-state index contributed by atoms with van der Waals surface area (Å²) in [4.78, 5) is 24.0. The highest BCUT2D eigenvalue weighted by molar-refractivity contribution is 6.01. The van der Waals surface area contributed by atoms with Crippen LogP contribution in [0.2, 0.25) is 0 Å². The Hall–Kier alpha value is -2.10. The maximum absolute atomic E-state index is 12.6. The summed E-state index contributed by atoms with van der Waals surface area (Å²) in [6.45, 7) is 7.38. The van der Waals surface area contributed by atoms with Crippen molar-refractivity contribution >= 4 is 11.8 Å². The van der Waals surface area contributed by atoms with Crippen molar-refractivity contribution in [3.8, 4) is 11.5 Å². The topological polar surface area (TPSA) is 52.6 Å². The Morgan fingerprint density at radius 3 is 2.79 bits per heavy atom. The largest absolute Gasteiger partial charge is 0.486 e. The fourth-order valence-corrected chi connectivity index (χ4v) is 3.10. The molecule has 24 heavy (non-hydrogen) atoms. The molecule has 1 atom stereocenters. The van der Waals surface area contributed by atoms with Gasteiger partial charge < -0.3 is 9.47 Å². The van der Waals surface area contributed by atoms with Gasteiger partial charge in [-0.15, -0.1) is 0 Å². The molecule has 0 bridgehead atoms. The van der Waals surface area contributed by atoms with Crippen molar-refractivity contribution in [1.82, 2.24) is 0 Å².